The van der Waals surface area contributed by atoms with Crippen molar-refractivity contribution in [2.45, 2.75) is 123 Å². The minimum absolute atomic E-state index is 0.212. The minimum Gasteiger partial charge on any atom is -0.478 e. The summed E-state index contributed by atoms with van der Waals surface area (Å²) in [6, 6.07) is -4.54. The van der Waals surface area contributed by atoms with Crippen LogP contribution >= 0.6 is 23.5 Å². The normalized spacial score (nSPS) is 30.5. The molecule has 2 rings (SSSR count). The van der Waals surface area contributed by atoms with E-state index in [4.69, 9.17) is 32.4 Å². The number of hydrogen-bond donors (Lipinski definition) is 14. The van der Waals surface area contributed by atoms with Crippen molar-refractivity contribution < 1.29 is 69.5 Å². The highest BCUT2D eigenvalue weighted by molar-refractivity contribution is 8.01. The van der Waals surface area contributed by atoms with Gasteiger partial charge in [-0.05, 0) is 24.3 Å². The van der Waals surface area contributed by atoms with E-state index < -0.39 is 120 Å². The van der Waals surface area contributed by atoms with Gasteiger partial charge in [0.25, 0.3) is 0 Å². The Kier molecular flexibility index (Phi) is 18.4. The number of guanidine groups is 2. The van der Waals surface area contributed by atoms with Gasteiger partial charge in [-0.25, -0.2) is 19.6 Å². The summed E-state index contributed by atoms with van der Waals surface area (Å²) in [6.07, 6.45) is -8.98. The number of aliphatic carboxylic acids is 2. The summed E-state index contributed by atoms with van der Waals surface area (Å²) >= 11 is 1.77. The molecule has 0 spiro atoms. The second kappa shape index (κ2) is 21.2. The van der Waals surface area contributed by atoms with Crippen molar-refractivity contribution in [2.24, 2.45) is 32.9 Å². The zero-order chi connectivity index (χ0) is 41.0. The first-order valence-corrected chi connectivity index (χ1v) is 19.0. The van der Waals surface area contributed by atoms with E-state index in [-0.39, 0.29) is 24.3 Å². The lowest BCUT2D eigenvalue weighted by molar-refractivity contribution is -0.191. The molecule has 2 fully saturated rings. The van der Waals surface area contributed by atoms with Crippen LogP contribution in [0.3, 0.4) is 0 Å². The van der Waals surface area contributed by atoms with Crippen LogP contribution < -0.4 is 33.6 Å². The molecule has 2 heterocycles. The largest absolute Gasteiger partial charge is 0.478 e. The third kappa shape index (κ3) is 12.7. The summed E-state index contributed by atoms with van der Waals surface area (Å²) in [5.74, 6) is -4.44. The van der Waals surface area contributed by atoms with Gasteiger partial charge in [-0.2, -0.15) is 0 Å². The molecule has 0 radical (unpaired) electrons. The number of carboxylic acids is 2. The number of carbonyl (C=O) groups excluding carboxylic acids is 2. The molecule has 0 unspecified atom stereocenters. The van der Waals surface area contributed by atoms with Gasteiger partial charge in [0.05, 0.1) is 37.4 Å². The molecule has 12 atom stereocenters. The van der Waals surface area contributed by atoms with Crippen LogP contribution in [0.5, 0.6) is 0 Å². The molecule has 2 aliphatic heterocycles. The number of nitrogens with two attached hydrogens (primary N) is 4. The monoisotopic (exact) mass is 814 g/mol. The van der Waals surface area contributed by atoms with Crippen molar-refractivity contribution in [3.63, 3.8) is 0 Å². The number of carbonyl (C=O) groups is 4. The third-order valence-corrected chi connectivity index (χ3v) is 11.5. The Hall–Kier alpha value is -3.20. The molecule has 0 aromatic heterocycles. The Morgan fingerprint density at radius 3 is 1.28 bits per heavy atom. The number of carboxylic acid groups (broad SMARTS) is 2. The van der Waals surface area contributed by atoms with Gasteiger partial charge < -0.3 is 83.9 Å². The molecule has 0 aromatic carbocycles. The average Bonchev–Trinajstić information content (AvgIpc) is 3.08. The number of aliphatic hydroxyl groups is 6. The van der Waals surface area contributed by atoms with Crippen molar-refractivity contribution in [2.75, 3.05) is 24.7 Å². The van der Waals surface area contributed by atoms with E-state index >= 15 is 0 Å². The van der Waals surface area contributed by atoms with Gasteiger partial charge in [-0.15, -0.1) is 23.5 Å². The SMILES string of the molecule is CC(=O)N[C@H]1[C@H]([C@@H](O)[C@@H](O)CO)O[C@@](SCCCCCCS[C@]2(C(=O)O)C[C@H](N=C(N)N)[C@@H](NC(C)=O)[C@H]([C@@H](O)[C@@H](O)CO)O2)(C(=O)O)C[C@@H]1N=C(N)N. The first kappa shape index (κ1) is 47.0. The van der Waals surface area contributed by atoms with Gasteiger partial charge in [0, 0.05) is 26.7 Å². The van der Waals surface area contributed by atoms with Crippen LogP contribution in [-0.2, 0) is 28.7 Å². The maximum atomic E-state index is 12.7. The summed E-state index contributed by atoms with van der Waals surface area (Å²) in [6.45, 7) is 0.561. The van der Waals surface area contributed by atoms with Gasteiger partial charge in [-0.1, -0.05) is 12.8 Å². The molecular formula is C30H54N8O14S2. The number of aliphatic hydroxyl groups excluding tert-OH is 6. The lowest BCUT2D eigenvalue weighted by Gasteiger charge is -2.47. The number of nitrogens with one attached hydrogen (secondary N) is 2. The van der Waals surface area contributed by atoms with Crippen LogP contribution in [0, 0.1) is 0 Å². The van der Waals surface area contributed by atoms with Gasteiger partial charge in [0.1, 0.15) is 36.6 Å². The van der Waals surface area contributed by atoms with E-state index in [0.29, 0.717) is 25.7 Å². The van der Waals surface area contributed by atoms with Crippen LogP contribution in [0.25, 0.3) is 0 Å². The Balaban J connectivity index is 2.15. The molecule has 2 aliphatic rings. The van der Waals surface area contributed by atoms with Gasteiger partial charge >= 0.3 is 11.9 Å². The maximum Gasteiger partial charge on any atom is 0.346 e. The smallest absolute Gasteiger partial charge is 0.346 e. The van der Waals surface area contributed by atoms with Crippen LogP contribution in [0.1, 0.15) is 52.4 Å². The van der Waals surface area contributed by atoms with E-state index in [1.54, 1.807) is 0 Å². The molecule has 2 amide bonds. The molecule has 0 aliphatic carbocycles. The second-order valence-corrected chi connectivity index (χ2v) is 15.7. The molecule has 2 saturated heterocycles. The number of aliphatic imine (C=N–C) groups is 2. The molecule has 0 saturated carbocycles. The Morgan fingerprint density at radius 2 is 1.02 bits per heavy atom. The predicted molar refractivity (Wildman–Crippen MR) is 196 cm³/mol. The predicted octanol–water partition coefficient (Wildman–Crippen LogP) is -5.13. The Labute approximate surface area is 319 Å². The topological polar surface area (TPSA) is 401 Å². The quantitative estimate of drug-likeness (QED) is 0.0293. The van der Waals surface area contributed by atoms with E-state index in [1.165, 1.54) is 13.8 Å². The molecular weight excluding hydrogens is 761 g/mol. The van der Waals surface area contributed by atoms with Crippen molar-refractivity contribution >= 4 is 59.2 Å². The molecule has 54 heavy (non-hydrogen) atoms. The van der Waals surface area contributed by atoms with Gasteiger partial charge in [0.15, 0.2) is 11.9 Å². The fourth-order valence-electron chi connectivity index (χ4n) is 6.22. The molecule has 24 heteroatoms. The minimum atomic E-state index is -2.03. The number of amides is 2. The number of hydrogen-bond acceptors (Lipinski definition) is 16. The summed E-state index contributed by atoms with van der Waals surface area (Å²) in [4.78, 5) is 53.4. The lowest BCUT2D eigenvalue weighted by atomic mass is 9.88. The van der Waals surface area contributed by atoms with Crippen molar-refractivity contribution in [3.8, 4) is 0 Å². The molecule has 18 N–H and O–H groups in total. The van der Waals surface area contributed by atoms with Crippen molar-refractivity contribution in [1.29, 1.82) is 0 Å². The molecule has 310 valence electrons. The zero-order valence-corrected chi connectivity index (χ0v) is 31.5. The van der Waals surface area contributed by atoms with Gasteiger partial charge in [0.2, 0.25) is 21.7 Å². The first-order chi connectivity index (χ1) is 25.2. The van der Waals surface area contributed by atoms with Crippen molar-refractivity contribution in [1.82, 2.24) is 10.6 Å². The summed E-state index contributed by atoms with van der Waals surface area (Å²) in [7, 11) is 0. The fourth-order valence-corrected chi connectivity index (χ4v) is 8.76. The fraction of sp³-hybridized carbons (Fsp3) is 0.800. The van der Waals surface area contributed by atoms with Crippen LogP contribution in [0.15, 0.2) is 9.98 Å². The highest BCUT2D eigenvalue weighted by Crippen LogP contribution is 2.43. The second-order valence-electron chi connectivity index (χ2n) is 13.0. The summed E-state index contributed by atoms with van der Waals surface area (Å²) in [5.41, 5.74) is 22.4. The number of thioether (sulfide) groups is 2. The number of nitrogens with zero attached hydrogens (tertiary/aromatic N) is 2. The van der Waals surface area contributed by atoms with Crippen LogP contribution in [0.4, 0.5) is 0 Å². The lowest BCUT2D eigenvalue weighted by Crippen LogP contribution is -2.66. The summed E-state index contributed by atoms with van der Waals surface area (Å²) < 4.78 is 11.8. The van der Waals surface area contributed by atoms with Crippen LogP contribution in [-0.4, -0.2) is 172 Å². The van der Waals surface area contributed by atoms with Crippen LogP contribution in [0.2, 0.25) is 0 Å². The zero-order valence-electron chi connectivity index (χ0n) is 29.9. The molecule has 0 aromatic rings. The number of rotatable bonds is 21. The Morgan fingerprint density at radius 1 is 0.685 bits per heavy atom. The average molecular weight is 815 g/mol. The number of ether oxygens (including phenoxy) is 2. The highest BCUT2D eigenvalue weighted by atomic mass is 32.2. The van der Waals surface area contributed by atoms with E-state index in [0.717, 1.165) is 23.5 Å². The standard InChI is InChI=1S/C30H54N8O14S2/c1-13(41)35-19-15(37-27(31)32)9-29(25(47)48,51-23(19)21(45)17(43)11-39)53-7-5-3-4-6-8-54-30(26(49)50)10-16(38-28(33)34)20(36-14(2)42)24(52-30)22(46)18(44)12-40/h15-24,39-40,43-46H,3-12H2,1-2H3,(H,35,41)(H,36,42)(H,47,48)(H,49,50)(H4,31,32,37)(H4,33,34,38)/t15-,16-,17-,18-,19+,20+,21-,22-,23+,24+,29-,30-/m0/s1. The Bertz CT molecular complexity index is 1250. The van der Waals surface area contributed by atoms with E-state index in [1.807, 2.05) is 0 Å². The van der Waals surface area contributed by atoms with Gasteiger partial charge in [-0.3, -0.25) is 9.59 Å². The maximum absolute atomic E-state index is 12.7. The highest BCUT2D eigenvalue weighted by Gasteiger charge is 2.57. The number of unbranched alkanes of at least 4 members (excludes halogenated alkanes) is 3. The molecule has 22 nitrogen and oxygen atoms in total. The van der Waals surface area contributed by atoms with Crippen molar-refractivity contribution in [3.05, 3.63) is 0 Å². The van der Waals surface area contributed by atoms with E-state index in [2.05, 4.69) is 20.6 Å². The van der Waals surface area contributed by atoms with E-state index in [9.17, 15) is 60.0 Å². The molecule has 0 bridgehead atoms. The third-order valence-electron chi connectivity index (χ3n) is 8.71. The first-order valence-electron chi connectivity index (χ1n) is 17.0. The summed E-state index contributed by atoms with van der Waals surface area (Å²) in [5, 5.41) is 86.5.